The van der Waals surface area contributed by atoms with Crippen molar-refractivity contribution in [3.8, 4) is 0 Å². The SMILES string of the molecule is O=C(O)c1ccc(Sc2ncc3ccccc3n2)cc1. The van der Waals surface area contributed by atoms with Crippen LogP contribution < -0.4 is 0 Å². The van der Waals surface area contributed by atoms with E-state index in [1.807, 2.05) is 24.3 Å². The number of rotatable bonds is 3. The van der Waals surface area contributed by atoms with Crippen molar-refractivity contribution in [1.29, 1.82) is 0 Å². The van der Waals surface area contributed by atoms with Crippen LogP contribution in [0.3, 0.4) is 0 Å². The molecule has 0 aliphatic rings. The lowest BCUT2D eigenvalue weighted by Crippen LogP contribution is -1.94. The predicted molar refractivity (Wildman–Crippen MR) is 77.1 cm³/mol. The molecule has 2 aromatic carbocycles. The highest BCUT2D eigenvalue weighted by atomic mass is 32.2. The van der Waals surface area contributed by atoms with Gasteiger partial charge in [0.1, 0.15) is 0 Å². The third kappa shape index (κ3) is 2.62. The van der Waals surface area contributed by atoms with Crippen LogP contribution in [-0.4, -0.2) is 21.0 Å². The first-order valence-corrected chi connectivity index (χ1v) is 6.77. The zero-order chi connectivity index (χ0) is 13.9. The number of aromatic nitrogens is 2. The van der Waals surface area contributed by atoms with E-state index in [1.165, 1.54) is 11.8 Å². The van der Waals surface area contributed by atoms with Gasteiger partial charge in [0.05, 0.1) is 11.1 Å². The van der Waals surface area contributed by atoms with Crippen molar-refractivity contribution in [3.05, 3.63) is 60.3 Å². The van der Waals surface area contributed by atoms with Crippen LogP contribution in [-0.2, 0) is 0 Å². The van der Waals surface area contributed by atoms with Crippen LogP contribution >= 0.6 is 11.8 Å². The van der Waals surface area contributed by atoms with Gasteiger partial charge in [-0.05, 0) is 42.1 Å². The fourth-order valence-electron chi connectivity index (χ4n) is 1.78. The number of carbonyl (C=O) groups is 1. The van der Waals surface area contributed by atoms with Crippen LogP contribution in [0.15, 0.2) is 64.8 Å². The van der Waals surface area contributed by atoms with Crippen LogP contribution in [0.4, 0.5) is 0 Å². The van der Waals surface area contributed by atoms with Crippen molar-refractivity contribution in [3.63, 3.8) is 0 Å². The smallest absolute Gasteiger partial charge is 0.335 e. The van der Waals surface area contributed by atoms with Crippen molar-refractivity contribution >= 4 is 28.6 Å². The van der Waals surface area contributed by atoms with Gasteiger partial charge in [-0.2, -0.15) is 0 Å². The largest absolute Gasteiger partial charge is 0.478 e. The number of nitrogens with zero attached hydrogens (tertiary/aromatic N) is 2. The van der Waals surface area contributed by atoms with Gasteiger partial charge >= 0.3 is 5.97 Å². The minimum absolute atomic E-state index is 0.272. The zero-order valence-corrected chi connectivity index (χ0v) is 11.2. The summed E-state index contributed by atoms with van der Waals surface area (Å²) in [6.45, 7) is 0. The molecule has 0 fully saturated rings. The number of para-hydroxylation sites is 1. The quantitative estimate of drug-likeness (QED) is 0.745. The van der Waals surface area contributed by atoms with E-state index in [0.29, 0.717) is 5.16 Å². The third-order valence-corrected chi connectivity index (χ3v) is 3.66. The molecule has 3 rings (SSSR count). The summed E-state index contributed by atoms with van der Waals surface area (Å²) in [5, 5.41) is 10.5. The van der Waals surface area contributed by atoms with Gasteiger partial charge in [-0.1, -0.05) is 18.2 Å². The Hall–Kier alpha value is -2.40. The molecule has 0 spiro atoms. The minimum Gasteiger partial charge on any atom is -0.478 e. The number of benzene rings is 2. The molecule has 0 saturated carbocycles. The number of carboxylic acids is 1. The number of carboxylic acid groups (broad SMARTS) is 1. The van der Waals surface area contributed by atoms with Crippen LogP contribution in [0.5, 0.6) is 0 Å². The summed E-state index contributed by atoms with van der Waals surface area (Å²) in [7, 11) is 0. The Kier molecular flexibility index (Phi) is 3.35. The van der Waals surface area contributed by atoms with Gasteiger partial charge in [-0.25, -0.2) is 14.8 Å². The molecule has 0 radical (unpaired) electrons. The molecule has 98 valence electrons. The summed E-state index contributed by atoms with van der Waals surface area (Å²) in [4.78, 5) is 20.5. The predicted octanol–water partition coefficient (Wildman–Crippen LogP) is 3.48. The van der Waals surface area contributed by atoms with E-state index in [1.54, 1.807) is 30.5 Å². The van der Waals surface area contributed by atoms with Crippen LogP contribution in [0, 0.1) is 0 Å². The molecular formula is C15H10N2O2S. The first-order valence-electron chi connectivity index (χ1n) is 5.95. The second-order valence-corrected chi connectivity index (χ2v) is 5.18. The van der Waals surface area contributed by atoms with E-state index < -0.39 is 5.97 Å². The molecule has 5 heteroatoms. The number of hydrogen-bond acceptors (Lipinski definition) is 4. The molecule has 3 aromatic rings. The Morgan fingerprint density at radius 3 is 2.55 bits per heavy atom. The lowest BCUT2D eigenvalue weighted by molar-refractivity contribution is 0.0697. The second kappa shape index (κ2) is 5.30. The van der Waals surface area contributed by atoms with E-state index in [4.69, 9.17) is 5.11 Å². The van der Waals surface area contributed by atoms with Crippen molar-refractivity contribution in [2.24, 2.45) is 0 Å². The molecule has 0 amide bonds. The number of fused-ring (bicyclic) bond motifs is 1. The molecule has 4 nitrogen and oxygen atoms in total. The highest BCUT2D eigenvalue weighted by molar-refractivity contribution is 7.99. The lowest BCUT2D eigenvalue weighted by atomic mass is 10.2. The Balaban J connectivity index is 1.87. The maximum Gasteiger partial charge on any atom is 0.335 e. The number of aromatic carboxylic acids is 1. The van der Waals surface area contributed by atoms with Crippen LogP contribution in [0.2, 0.25) is 0 Å². The Morgan fingerprint density at radius 1 is 1.05 bits per heavy atom. The van der Waals surface area contributed by atoms with Crippen LogP contribution in [0.25, 0.3) is 10.9 Å². The Labute approximate surface area is 119 Å². The Morgan fingerprint density at radius 2 is 1.80 bits per heavy atom. The van der Waals surface area contributed by atoms with Gasteiger partial charge in [0.2, 0.25) is 0 Å². The van der Waals surface area contributed by atoms with Gasteiger partial charge in [0.15, 0.2) is 5.16 Å². The van der Waals surface area contributed by atoms with Crippen molar-refractivity contribution < 1.29 is 9.90 Å². The fourth-order valence-corrected chi connectivity index (χ4v) is 2.51. The van der Waals surface area contributed by atoms with Gasteiger partial charge in [-0.15, -0.1) is 0 Å². The van der Waals surface area contributed by atoms with E-state index in [0.717, 1.165) is 15.8 Å². The Bertz CT molecular complexity index is 772. The lowest BCUT2D eigenvalue weighted by Gasteiger charge is -2.02. The van der Waals surface area contributed by atoms with Gasteiger partial charge in [0, 0.05) is 16.5 Å². The molecule has 0 aliphatic heterocycles. The average Bonchev–Trinajstić information content (AvgIpc) is 2.48. The molecule has 1 aromatic heterocycles. The number of hydrogen-bond donors (Lipinski definition) is 1. The average molecular weight is 282 g/mol. The normalized spacial score (nSPS) is 10.6. The first-order chi connectivity index (χ1) is 9.72. The zero-order valence-electron chi connectivity index (χ0n) is 10.4. The minimum atomic E-state index is -0.927. The molecule has 1 N–H and O–H groups in total. The molecular weight excluding hydrogens is 272 g/mol. The second-order valence-electron chi connectivity index (χ2n) is 4.14. The molecule has 0 bridgehead atoms. The standard InChI is InChI=1S/C15H10N2O2S/c18-14(19)10-5-7-12(8-6-10)20-15-16-9-11-3-1-2-4-13(11)17-15/h1-9H,(H,18,19). The van der Waals surface area contributed by atoms with Crippen LogP contribution in [0.1, 0.15) is 10.4 Å². The van der Waals surface area contributed by atoms with E-state index >= 15 is 0 Å². The maximum absolute atomic E-state index is 10.8. The van der Waals surface area contributed by atoms with Crippen molar-refractivity contribution in [2.45, 2.75) is 10.1 Å². The van der Waals surface area contributed by atoms with Crippen molar-refractivity contribution in [1.82, 2.24) is 9.97 Å². The summed E-state index contributed by atoms with van der Waals surface area (Å²) >= 11 is 1.41. The monoisotopic (exact) mass is 282 g/mol. The molecule has 0 atom stereocenters. The molecule has 20 heavy (non-hydrogen) atoms. The van der Waals surface area contributed by atoms with E-state index in [9.17, 15) is 4.79 Å². The van der Waals surface area contributed by atoms with E-state index in [2.05, 4.69) is 9.97 Å². The molecule has 1 heterocycles. The molecule has 0 saturated heterocycles. The fraction of sp³-hybridized carbons (Fsp3) is 0. The van der Waals surface area contributed by atoms with Gasteiger partial charge in [-0.3, -0.25) is 0 Å². The topological polar surface area (TPSA) is 63.1 Å². The molecule has 0 aliphatic carbocycles. The summed E-state index contributed by atoms with van der Waals surface area (Å²) in [6.07, 6.45) is 1.79. The third-order valence-electron chi connectivity index (χ3n) is 2.78. The summed E-state index contributed by atoms with van der Waals surface area (Å²) in [6, 6.07) is 14.4. The highest BCUT2D eigenvalue weighted by Crippen LogP contribution is 2.25. The van der Waals surface area contributed by atoms with Gasteiger partial charge < -0.3 is 5.11 Å². The van der Waals surface area contributed by atoms with E-state index in [-0.39, 0.29) is 5.56 Å². The maximum atomic E-state index is 10.8. The highest BCUT2D eigenvalue weighted by Gasteiger charge is 2.05. The summed E-state index contributed by atoms with van der Waals surface area (Å²) in [5.74, 6) is -0.927. The summed E-state index contributed by atoms with van der Waals surface area (Å²) in [5.41, 5.74) is 1.17. The first kappa shape index (κ1) is 12.6. The molecule has 0 unspecified atom stereocenters. The summed E-state index contributed by atoms with van der Waals surface area (Å²) < 4.78 is 0. The van der Waals surface area contributed by atoms with Crippen molar-refractivity contribution in [2.75, 3.05) is 0 Å². The van der Waals surface area contributed by atoms with Gasteiger partial charge in [0.25, 0.3) is 0 Å².